The molecule has 0 spiro atoms. The molecule has 0 unspecified atom stereocenters. The van der Waals surface area contributed by atoms with Gasteiger partial charge in [-0.05, 0) is 13.0 Å². The van der Waals surface area contributed by atoms with Crippen molar-refractivity contribution >= 4 is 16.8 Å². The van der Waals surface area contributed by atoms with Crippen LogP contribution in [0.5, 0.6) is 0 Å². The maximum Gasteiger partial charge on any atom is 0.215 e. The van der Waals surface area contributed by atoms with Crippen molar-refractivity contribution in [3.63, 3.8) is 0 Å². The molecule has 0 bridgehead atoms. The topological polar surface area (TPSA) is 90.7 Å². The molecule has 1 heterocycles. The standard InChI is InChI=1S/C17H9N3O2/c1-10-2-4-11(5-3-10)17(21)16-14-6-12(8-18)13(9-19)7-15(14)22-20-16/h2-7H,1H3. The summed E-state index contributed by atoms with van der Waals surface area (Å²) in [4.78, 5) is 12.5. The van der Waals surface area contributed by atoms with Crippen molar-refractivity contribution in [1.82, 2.24) is 5.16 Å². The lowest BCUT2D eigenvalue weighted by atomic mass is 10.0. The molecule has 0 aliphatic heterocycles. The summed E-state index contributed by atoms with van der Waals surface area (Å²) >= 11 is 0. The number of hydrogen-bond donors (Lipinski definition) is 0. The second-order valence-corrected chi connectivity index (χ2v) is 4.84. The number of aryl methyl sites for hydroxylation is 1. The van der Waals surface area contributed by atoms with Crippen molar-refractivity contribution in [3.05, 3.63) is 64.3 Å². The molecule has 3 rings (SSSR count). The number of rotatable bonds is 2. The zero-order valence-corrected chi connectivity index (χ0v) is 11.6. The maximum absolute atomic E-state index is 12.5. The first-order valence-corrected chi connectivity index (χ1v) is 6.49. The third-order valence-corrected chi connectivity index (χ3v) is 3.38. The smallest absolute Gasteiger partial charge is 0.215 e. The van der Waals surface area contributed by atoms with E-state index in [1.165, 1.54) is 12.1 Å². The molecular weight excluding hydrogens is 278 g/mol. The molecule has 0 N–H and O–H groups in total. The van der Waals surface area contributed by atoms with Crippen LogP contribution in [0.4, 0.5) is 0 Å². The van der Waals surface area contributed by atoms with E-state index in [0.29, 0.717) is 16.5 Å². The van der Waals surface area contributed by atoms with Crippen molar-refractivity contribution in [1.29, 1.82) is 10.5 Å². The fraction of sp³-hybridized carbons (Fsp3) is 0.0588. The Labute approximate surface area is 126 Å². The lowest BCUT2D eigenvalue weighted by Crippen LogP contribution is -2.02. The van der Waals surface area contributed by atoms with E-state index in [4.69, 9.17) is 15.0 Å². The summed E-state index contributed by atoms with van der Waals surface area (Å²) in [7, 11) is 0. The molecule has 0 fully saturated rings. The molecule has 3 aromatic rings. The predicted molar refractivity (Wildman–Crippen MR) is 78.1 cm³/mol. The van der Waals surface area contributed by atoms with Crippen molar-refractivity contribution in [2.75, 3.05) is 0 Å². The summed E-state index contributed by atoms with van der Waals surface area (Å²) in [6, 6.07) is 13.9. The average Bonchev–Trinajstić information content (AvgIpc) is 2.96. The fourth-order valence-corrected chi connectivity index (χ4v) is 2.17. The van der Waals surface area contributed by atoms with Gasteiger partial charge in [0.15, 0.2) is 11.3 Å². The van der Waals surface area contributed by atoms with Crippen molar-refractivity contribution in [3.8, 4) is 12.1 Å². The predicted octanol–water partition coefficient (Wildman–Crippen LogP) is 3.11. The number of benzene rings is 2. The van der Waals surface area contributed by atoms with Gasteiger partial charge in [-0.25, -0.2) is 0 Å². The number of hydrogen-bond acceptors (Lipinski definition) is 5. The van der Waals surface area contributed by atoms with Gasteiger partial charge < -0.3 is 4.52 Å². The highest BCUT2D eigenvalue weighted by molar-refractivity contribution is 6.14. The van der Waals surface area contributed by atoms with E-state index in [2.05, 4.69) is 5.16 Å². The van der Waals surface area contributed by atoms with E-state index >= 15 is 0 Å². The van der Waals surface area contributed by atoms with Crippen LogP contribution in [0.25, 0.3) is 11.0 Å². The average molecular weight is 287 g/mol. The van der Waals surface area contributed by atoms with Gasteiger partial charge in [-0.3, -0.25) is 4.79 Å². The summed E-state index contributed by atoms with van der Waals surface area (Å²) in [5.41, 5.74) is 2.37. The van der Waals surface area contributed by atoms with E-state index in [0.717, 1.165) is 5.56 Å². The number of nitriles is 2. The monoisotopic (exact) mass is 287 g/mol. The number of aromatic nitrogens is 1. The van der Waals surface area contributed by atoms with Crippen LogP contribution in [-0.4, -0.2) is 10.9 Å². The van der Waals surface area contributed by atoms with Crippen molar-refractivity contribution in [2.24, 2.45) is 0 Å². The normalized spacial score (nSPS) is 10.1. The van der Waals surface area contributed by atoms with E-state index in [1.807, 2.05) is 31.2 Å². The maximum atomic E-state index is 12.5. The molecular formula is C17H9N3O2. The third-order valence-electron chi connectivity index (χ3n) is 3.38. The minimum Gasteiger partial charge on any atom is -0.355 e. The Balaban J connectivity index is 2.16. The van der Waals surface area contributed by atoms with E-state index in [1.54, 1.807) is 12.1 Å². The van der Waals surface area contributed by atoms with Gasteiger partial charge in [-0.1, -0.05) is 35.0 Å². The van der Waals surface area contributed by atoms with Gasteiger partial charge in [0.25, 0.3) is 0 Å². The molecule has 104 valence electrons. The largest absolute Gasteiger partial charge is 0.355 e. The summed E-state index contributed by atoms with van der Waals surface area (Å²) in [5, 5.41) is 22.3. The minimum atomic E-state index is -0.285. The Kier molecular flexibility index (Phi) is 3.17. The number of carbonyl (C=O) groups is 1. The molecule has 0 radical (unpaired) electrons. The minimum absolute atomic E-state index is 0.139. The Bertz CT molecular complexity index is 970. The number of fused-ring (bicyclic) bond motifs is 1. The first-order chi connectivity index (χ1) is 10.6. The van der Waals surface area contributed by atoms with Gasteiger partial charge in [0.2, 0.25) is 5.78 Å². The second kappa shape index (κ2) is 5.16. The molecule has 5 heteroatoms. The lowest BCUT2D eigenvalue weighted by Gasteiger charge is -1.99. The molecule has 0 aliphatic carbocycles. The summed E-state index contributed by atoms with van der Waals surface area (Å²) < 4.78 is 5.13. The summed E-state index contributed by atoms with van der Waals surface area (Å²) in [6.45, 7) is 1.93. The zero-order valence-electron chi connectivity index (χ0n) is 11.6. The van der Waals surface area contributed by atoms with Gasteiger partial charge in [0.05, 0.1) is 16.5 Å². The number of carbonyl (C=O) groups excluding carboxylic acids is 1. The molecule has 0 aliphatic rings. The van der Waals surface area contributed by atoms with Crippen LogP contribution in [0.15, 0.2) is 40.9 Å². The fourth-order valence-electron chi connectivity index (χ4n) is 2.17. The summed E-state index contributed by atoms with van der Waals surface area (Å²) in [5.74, 6) is -0.285. The molecule has 0 saturated carbocycles. The van der Waals surface area contributed by atoms with Gasteiger partial charge in [0.1, 0.15) is 12.1 Å². The summed E-state index contributed by atoms with van der Waals surface area (Å²) in [6.07, 6.45) is 0. The quantitative estimate of drug-likeness (QED) is 0.675. The van der Waals surface area contributed by atoms with Crippen molar-refractivity contribution in [2.45, 2.75) is 6.92 Å². The zero-order chi connectivity index (χ0) is 15.7. The van der Waals surface area contributed by atoms with Crippen LogP contribution in [0.2, 0.25) is 0 Å². The molecule has 0 amide bonds. The van der Waals surface area contributed by atoms with Gasteiger partial charge in [-0.2, -0.15) is 10.5 Å². The van der Waals surface area contributed by atoms with Crippen LogP contribution < -0.4 is 0 Å². The molecule has 5 nitrogen and oxygen atoms in total. The highest BCUT2D eigenvalue weighted by Gasteiger charge is 2.19. The lowest BCUT2D eigenvalue weighted by molar-refractivity contribution is 0.103. The van der Waals surface area contributed by atoms with E-state index in [9.17, 15) is 4.79 Å². The molecule has 0 atom stereocenters. The van der Waals surface area contributed by atoms with Crippen LogP contribution in [0.1, 0.15) is 32.7 Å². The van der Waals surface area contributed by atoms with Gasteiger partial charge in [-0.15, -0.1) is 0 Å². The highest BCUT2D eigenvalue weighted by Crippen LogP contribution is 2.24. The number of ketones is 1. The SMILES string of the molecule is Cc1ccc(C(=O)c2noc3cc(C#N)c(C#N)cc23)cc1. The van der Waals surface area contributed by atoms with Gasteiger partial charge in [0, 0.05) is 11.6 Å². The van der Waals surface area contributed by atoms with Crippen LogP contribution in [-0.2, 0) is 0 Å². The Hall–Kier alpha value is -3.44. The Morgan fingerprint density at radius 1 is 1.09 bits per heavy atom. The van der Waals surface area contributed by atoms with Crippen LogP contribution >= 0.6 is 0 Å². The van der Waals surface area contributed by atoms with Crippen LogP contribution in [0, 0.1) is 29.6 Å². The number of nitrogens with zero attached hydrogens (tertiary/aromatic N) is 3. The van der Waals surface area contributed by atoms with Crippen LogP contribution in [0.3, 0.4) is 0 Å². The Morgan fingerprint density at radius 3 is 2.36 bits per heavy atom. The van der Waals surface area contributed by atoms with Crippen molar-refractivity contribution < 1.29 is 9.32 Å². The molecule has 22 heavy (non-hydrogen) atoms. The molecule has 2 aromatic carbocycles. The third kappa shape index (κ3) is 2.11. The molecule has 1 aromatic heterocycles. The Morgan fingerprint density at radius 2 is 1.73 bits per heavy atom. The molecule has 0 saturated heterocycles. The first-order valence-electron chi connectivity index (χ1n) is 6.49. The van der Waals surface area contributed by atoms with E-state index < -0.39 is 0 Å². The first kappa shape index (κ1) is 13.5. The highest BCUT2D eigenvalue weighted by atomic mass is 16.5. The van der Waals surface area contributed by atoms with E-state index in [-0.39, 0.29) is 22.6 Å². The van der Waals surface area contributed by atoms with Gasteiger partial charge >= 0.3 is 0 Å². The second-order valence-electron chi connectivity index (χ2n) is 4.84.